The zero-order chi connectivity index (χ0) is 11.4. The number of likely N-dealkylation sites (N-methyl/N-ethyl adjacent to an activating group) is 2. The van der Waals surface area contributed by atoms with Crippen LogP contribution in [0.25, 0.3) is 0 Å². The standard InChI is InChI=1S/C11H23N3O/c1-4-14-8-6-9(2)13(3)10(5-7-12)11(14)15/h9-10H,4-8,12H2,1-3H3. The molecule has 0 spiro atoms. The molecule has 1 rings (SSSR count). The van der Waals surface area contributed by atoms with Gasteiger partial charge in [0.25, 0.3) is 0 Å². The summed E-state index contributed by atoms with van der Waals surface area (Å²) in [5.41, 5.74) is 5.57. The summed E-state index contributed by atoms with van der Waals surface area (Å²) >= 11 is 0. The number of amides is 1. The van der Waals surface area contributed by atoms with Crippen molar-refractivity contribution in [2.75, 3.05) is 26.7 Å². The van der Waals surface area contributed by atoms with Crippen molar-refractivity contribution in [3.63, 3.8) is 0 Å². The summed E-state index contributed by atoms with van der Waals surface area (Å²) in [5, 5.41) is 0. The molecule has 0 aromatic heterocycles. The number of nitrogens with two attached hydrogens (primary N) is 1. The molecule has 1 fully saturated rings. The Balaban J connectivity index is 2.80. The van der Waals surface area contributed by atoms with E-state index >= 15 is 0 Å². The van der Waals surface area contributed by atoms with E-state index in [1.165, 1.54) is 0 Å². The minimum absolute atomic E-state index is 0.0209. The van der Waals surface area contributed by atoms with Gasteiger partial charge in [-0.3, -0.25) is 9.69 Å². The smallest absolute Gasteiger partial charge is 0.239 e. The topological polar surface area (TPSA) is 49.6 Å². The molecule has 88 valence electrons. The lowest BCUT2D eigenvalue weighted by atomic mass is 10.1. The van der Waals surface area contributed by atoms with Crippen LogP contribution < -0.4 is 5.73 Å². The monoisotopic (exact) mass is 213 g/mol. The molecule has 0 aliphatic carbocycles. The summed E-state index contributed by atoms with van der Waals surface area (Å²) in [4.78, 5) is 16.3. The van der Waals surface area contributed by atoms with Crippen LogP contribution in [0.4, 0.5) is 0 Å². The highest BCUT2D eigenvalue weighted by Crippen LogP contribution is 2.17. The second kappa shape index (κ2) is 5.47. The summed E-state index contributed by atoms with van der Waals surface area (Å²) in [6, 6.07) is 0.439. The van der Waals surface area contributed by atoms with Crippen molar-refractivity contribution in [2.45, 2.75) is 38.8 Å². The molecule has 1 amide bonds. The van der Waals surface area contributed by atoms with Crippen LogP contribution in [0.1, 0.15) is 26.7 Å². The first kappa shape index (κ1) is 12.5. The normalized spacial score (nSPS) is 29.3. The van der Waals surface area contributed by atoms with E-state index in [1.807, 2.05) is 18.9 Å². The summed E-state index contributed by atoms with van der Waals surface area (Å²) in [7, 11) is 2.03. The van der Waals surface area contributed by atoms with Crippen molar-refractivity contribution in [3.8, 4) is 0 Å². The maximum absolute atomic E-state index is 12.2. The third-order valence-electron chi connectivity index (χ3n) is 3.42. The second-order valence-corrected chi connectivity index (χ2v) is 4.31. The van der Waals surface area contributed by atoms with Gasteiger partial charge in [0.15, 0.2) is 0 Å². The van der Waals surface area contributed by atoms with Crippen molar-refractivity contribution >= 4 is 5.91 Å². The Morgan fingerprint density at radius 3 is 2.73 bits per heavy atom. The van der Waals surface area contributed by atoms with Gasteiger partial charge >= 0.3 is 0 Å². The first-order chi connectivity index (χ1) is 7.11. The fourth-order valence-corrected chi connectivity index (χ4v) is 2.15. The average Bonchev–Trinajstić information content (AvgIpc) is 2.32. The molecule has 4 nitrogen and oxygen atoms in total. The molecule has 0 bridgehead atoms. The lowest BCUT2D eigenvalue weighted by molar-refractivity contribution is -0.135. The zero-order valence-corrected chi connectivity index (χ0v) is 10.1. The lowest BCUT2D eigenvalue weighted by Gasteiger charge is -2.29. The first-order valence-corrected chi connectivity index (χ1v) is 5.82. The van der Waals surface area contributed by atoms with Gasteiger partial charge in [0, 0.05) is 19.1 Å². The van der Waals surface area contributed by atoms with Crippen molar-refractivity contribution in [1.82, 2.24) is 9.80 Å². The summed E-state index contributed by atoms with van der Waals surface area (Å²) in [6.45, 7) is 6.47. The van der Waals surface area contributed by atoms with Crippen LogP contribution in [0.3, 0.4) is 0 Å². The number of nitrogens with zero attached hydrogens (tertiary/aromatic N) is 2. The van der Waals surface area contributed by atoms with Gasteiger partial charge in [0.05, 0.1) is 6.04 Å². The van der Waals surface area contributed by atoms with Gasteiger partial charge in [-0.2, -0.15) is 0 Å². The van der Waals surface area contributed by atoms with Crippen LogP contribution >= 0.6 is 0 Å². The van der Waals surface area contributed by atoms with Crippen LogP contribution in [0.15, 0.2) is 0 Å². The molecule has 2 unspecified atom stereocenters. The van der Waals surface area contributed by atoms with Gasteiger partial charge in [-0.15, -0.1) is 0 Å². The quantitative estimate of drug-likeness (QED) is 0.732. The van der Waals surface area contributed by atoms with E-state index in [1.54, 1.807) is 0 Å². The van der Waals surface area contributed by atoms with Crippen molar-refractivity contribution in [1.29, 1.82) is 0 Å². The first-order valence-electron chi connectivity index (χ1n) is 5.82. The molecule has 15 heavy (non-hydrogen) atoms. The minimum atomic E-state index is -0.0209. The zero-order valence-electron chi connectivity index (χ0n) is 10.1. The molecule has 1 aliphatic rings. The third kappa shape index (κ3) is 2.69. The molecule has 0 saturated carbocycles. The maximum atomic E-state index is 12.2. The highest BCUT2D eigenvalue weighted by molar-refractivity contribution is 5.82. The predicted octanol–water partition coefficient (Wildman–Crippen LogP) is 0.276. The van der Waals surface area contributed by atoms with Gasteiger partial charge in [-0.05, 0) is 40.3 Å². The van der Waals surface area contributed by atoms with Crippen LogP contribution in [-0.2, 0) is 4.79 Å². The SMILES string of the molecule is CCN1CCC(C)N(C)C(CCN)C1=O. The molecule has 0 radical (unpaired) electrons. The van der Waals surface area contributed by atoms with Gasteiger partial charge in [0.2, 0.25) is 5.91 Å². The van der Waals surface area contributed by atoms with Crippen molar-refractivity contribution in [2.24, 2.45) is 5.73 Å². The van der Waals surface area contributed by atoms with E-state index in [2.05, 4.69) is 11.8 Å². The van der Waals surface area contributed by atoms with E-state index in [0.717, 1.165) is 25.9 Å². The van der Waals surface area contributed by atoms with E-state index in [9.17, 15) is 4.79 Å². The molecule has 1 heterocycles. The second-order valence-electron chi connectivity index (χ2n) is 4.31. The Morgan fingerprint density at radius 1 is 1.53 bits per heavy atom. The van der Waals surface area contributed by atoms with Gasteiger partial charge in [-0.25, -0.2) is 0 Å². The Labute approximate surface area is 92.4 Å². The predicted molar refractivity (Wildman–Crippen MR) is 61.6 cm³/mol. The van der Waals surface area contributed by atoms with E-state index < -0.39 is 0 Å². The number of hydrogen-bond acceptors (Lipinski definition) is 3. The molecular weight excluding hydrogens is 190 g/mol. The molecule has 0 aromatic carbocycles. The molecule has 2 N–H and O–H groups in total. The van der Waals surface area contributed by atoms with Crippen molar-refractivity contribution < 1.29 is 4.79 Å². The number of carbonyl (C=O) groups is 1. The summed E-state index contributed by atoms with van der Waals surface area (Å²) < 4.78 is 0. The molecule has 1 aliphatic heterocycles. The van der Waals surface area contributed by atoms with Crippen LogP contribution in [0.2, 0.25) is 0 Å². The Bertz CT molecular complexity index is 220. The lowest BCUT2D eigenvalue weighted by Crippen LogP contribution is -2.47. The highest BCUT2D eigenvalue weighted by Gasteiger charge is 2.32. The Hall–Kier alpha value is -0.610. The number of carbonyl (C=O) groups excluding carboxylic acids is 1. The van der Waals surface area contributed by atoms with E-state index in [4.69, 9.17) is 5.73 Å². The minimum Gasteiger partial charge on any atom is -0.342 e. The molecular formula is C11H23N3O. The number of rotatable bonds is 3. The fourth-order valence-electron chi connectivity index (χ4n) is 2.15. The van der Waals surface area contributed by atoms with Gasteiger partial charge in [0.1, 0.15) is 0 Å². The average molecular weight is 213 g/mol. The molecule has 0 aromatic rings. The van der Waals surface area contributed by atoms with Gasteiger partial charge in [-0.1, -0.05) is 0 Å². The summed E-state index contributed by atoms with van der Waals surface area (Å²) in [5.74, 6) is 0.245. The molecule has 4 heteroatoms. The Kier molecular flexibility index (Phi) is 4.54. The molecule has 2 atom stereocenters. The van der Waals surface area contributed by atoms with Gasteiger partial charge < -0.3 is 10.6 Å². The van der Waals surface area contributed by atoms with E-state index in [0.29, 0.717) is 12.6 Å². The number of hydrogen-bond donors (Lipinski definition) is 1. The summed E-state index contributed by atoms with van der Waals surface area (Å²) in [6.07, 6.45) is 1.81. The van der Waals surface area contributed by atoms with Crippen molar-refractivity contribution in [3.05, 3.63) is 0 Å². The fraction of sp³-hybridized carbons (Fsp3) is 0.909. The van der Waals surface area contributed by atoms with Crippen LogP contribution in [0, 0.1) is 0 Å². The highest BCUT2D eigenvalue weighted by atomic mass is 16.2. The Morgan fingerprint density at radius 2 is 2.20 bits per heavy atom. The van der Waals surface area contributed by atoms with E-state index in [-0.39, 0.29) is 11.9 Å². The molecule has 1 saturated heterocycles. The van der Waals surface area contributed by atoms with Crippen LogP contribution in [0.5, 0.6) is 0 Å². The van der Waals surface area contributed by atoms with Crippen LogP contribution in [-0.4, -0.2) is 54.5 Å². The third-order valence-corrected chi connectivity index (χ3v) is 3.42. The largest absolute Gasteiger partial charge is 0.342 e. The maximum Gasteiger partial charge on any atom is 0.239 e.